The number of benzene rings is 1. The summed E-state index contributed by atoms with van der Waals surface area (Å²) in [6.45, 7) is 8.80. The minimum Gasteiger partial charge on any atom is -0.377 e. The molecule has 0 saturated heterocycles. The summed E-state index contributed by atoms with van der Waals surface area (Å²) in [7, 11) is 4.14. The minimum atomic E-state index is 0.00410. The van der Waals surface area contributed by atoms with Gasteiger partial charge in [0.1, 0.15) is 0 Å². The molecule has 0 aliphatic heterocycles. The van der Waals surface area contributed by atoms with E-state index in [1.807, 2.05) is 0 Å². The molecule has 1 aliphatic carbocycles. The van der Waals surface area contributed by atoms with E-state index in [1.165, 1.54) is 34.2 Å². The van der Waals surface area contributed by atoms with E-state index in [-0.39, 0.29) is 5.41 Å². The van der Waals surface area contributed by atoms with Gasteiger partial charge in [-0.3, -0.25) is 0 Å². The van der Waals surface area contributed by atoms with Crippen LogP contribution in [-0.4, -0.2) is 20.3 Å². The van der Waals surface area contributed by atoms with Crippen LogP contribution in [0.4, 0.5) is 5.69 Å². The summed E-state index contributed by atoms with van der Waals surface area (Å²) < 4.78 is 0. The van der Waals surface area contributed by atoms with Crippen LogP contribution in [0, 0.1) is 5.41 Å². The van der Waals surface area contributed by atoms with Crippen molar-refractivity contribution in [1.82, 2.24) is 0 Å². The van der Waals surface area contributed by atoms with E-state index in [1.54, 1.807) is 0 Å². The van der Waals surface area contributed by atoms with Crippen molar-refractivity contribution in [2.45, 2.75) is 39.5 Å². The van der Waals surface area contributed by atoms with E-state index in [0.717, 1.165) is 12.0 Å². The van der Waals surface area contributed by atoms with Crippen molar-refractivity contribution in [3.63, 3.8) is 0 Å². The Balaban J connectivity index is 2.71. The summed E-state index contributed by atoms with van der Waals surface area (Å²) >= 11 is 0. The van der Waals surface area contributed by atoms with Gasteiger partial charge in [0.05, 0.1) is 0 Å². The predicted octanol–water partition coefficient (Wildman–Crippen LogP) is 4.78. The molecule has 21 heavy (non-hydrogen) atoms. The van der Waals surface area contributed by atoms with Crippen molar-refractivity contribution >= 4 is 17.5 Å². The molecule has 1 N–H and O–H groups in total. The second-order valence-corrected chi connectivity index (χ2v) is 7.03. The summed E-state index contributed by atoms with van der Waals surface area (Å²) in [6, 6.07) is 4.36. The average Bonchev–Trinajstić information content (AvgIpc) is 2.82. The maximum atomic E-state index is 7.97. The smallest absolute Gasteiger partial charge is 0.0405 e. The molecule has 0 heterocycles. The van der Waals surface area contributed by atoms with Gasteiger partial charge in [-0.25, -0.2) is 0 Å². The Bertz CT molecular complexity index is 626. The van der Waals surface area contributed by atoms with Gasteiger partial charge < -0.3 is 10.3 Å². The minimum absolute atomic E-state index is 0.00410. The third-order valence-corrected chi connectivity index (χ3v) is 3.99. The molecule has 2 rings (SSSR count). The zero-order chi connectivity index (χ0) is 15.8. The van der Waals surface area contributed by atoms with Gasteiger partial charge in [-0.15, -0.1) is 0 Å². The second kappa shape index (κ2) is 5.51. The average molecular weight is 282 g/mol. The molecule has 112 valence electrons. The monoisotopic (exact) mass is 282 g/mol. The van der Waals surface area contributed by atoms with Crippen LogP contribution in [0.3, 0.4) is 0 Å². The molecule has 2 heteroatoms. The lowest BCUT2D eigenvalue weighted by Crippen LogP contribution is -2.22. The van der Waals surface area contributed by atoms with E-state index in [4.69, 9.17) is 5.41 Å². The third kappa shape index (κ3) is 2.94. The zero-order valence-electron chi connectivity index (χ0n) is 14.0. The highest BCUT2D eigenvalue weighted by Crippen LogP contribution is 2.39. The Morgan fingerprint density at radius 1 is 1.19 bits per heavy atom. The summed E-state index contributed by atoms with van der Waals surface area (Å²) in [6.07, 6.45) is 6.98. The molecule has 0 fully saturated rings. The lowest BCUT2D eigenvalue weighted by atomic mass is 9.79. The molecule has 0 bridgehead atoms. The van der Waals surface area contributed by atoms with E-state index in [0.29, 0.717) is 0 Å². The Hall–Kier alpha value is -1.83. The van der Waals surface area contributed by atoms with E-state index >= 15 is 0 Å². The van der Waals surface area contributed by atoms with E-state index in [2.05, 4.69) is 71.0 Å². The topological polar surface area (TPSA) is 27.1 Å². The molecule has 0 unspecified atom stereocenters. The molecule has 2 nitrogen and oxygen atoms in total. The molecule has 0 aromatic heterocycles. The van der Waals surface area contributed by atoms with Gasteiger partial charge in [-0.1, -0.05) is 44.6 Å². The molecular formula is C19H26N2. The SMILES string of the molecule is CC1=CCC(c2ccc(N(C)C)c(C(C)(C)C)c2C=N)=C1. The number of hydrogen-bond donors (Lipinski definition) is 1. The fraction of sp³-hybridized carbons (Fsp3) is 0.421. The largest absolute Gasteiger partial charge is 0.377 e. The van der Waals surface area contributed by atoms with Crippen molar-refractivity contribution in [1.29, 1.82) is 5.41 Å². The van der Waals surface area contributed by atoms with Gasteiger partial charge in [0.15, 0.2) is 0 Å². The van der Waals surface area contributed by atoms with E-state index < -0.39 is 0 Å². The predicted molar refractivity (Wildman–Crippen MR) is 93.7 cm³/mol. The van der Waals surface area contributed by atoms with Crippen LogP contribution in [0.25, 0.3) is 5.57 Å². The van der Waals surface area contributed by atoms with Crippen LogP contribution in [0.1, 0.15) is 50.8 Å². The highest BCUT2D eigenvalue weighted by Gasteiger charge is 2.25. The third-order valence-electron chi connectivity index (χ3n) is 3.99. The van der Waals surface area contributed by atoms with Gasteiger partial charge in [0, 0.05) is 31.6 Å². The van der Waals surface area contributed by atoms with Crippen LogP contribution < -0.4 is 4.90 Å². The van der Waals surface area contributed by atoms with Crippen LogP contribution in [0.5, 0.6) is 0 Å². The molecule has 1 aromatic carbocycles. The van der Waals surface area contributed by atoms with Crippen molar-refractivity contribution in [3.8, 4) is 0 Å². The van der Waals surface area contributed by atoms with Gasteiger partial charge in [-0.2, -0.15) is 0 Å². The highest BCUT2D eigenvalue weighted by atomic mass is 15.1. The Kier molecular flexibility index (Phi) is 4.08. The summed E-state index contributed by atoms with van der Waals surface area (Å²) in [4.78, 5) is 2.14. The highest BCUT2D eigenvalue weighted by molar-refractivity contribution is 5.93. The van der Waals surface area contributed by atoms with Crippen molar-refractivity contribution < 1.29 is 0 Å². The van der Waals surface area contributed by atoms with Crippen LogP contribution in [0.2, 0.25) is 0 Å². The van der Waals surface area contributed by atoms with Crippen LogP contribution >= 0.6 is 0 Å². The zero-order valence-corrected chi connectivity index (χ0v) is 14.0. The molecule has 0 amide bonds. The fourth-order valence-corrected chi connectivity index (χ4v) is 3.05. The van der Waals surface area contributed by atoms with Gasteiger partial charge in [0.25, 0.3) is 0 Å². The first-order chi connectivity index (χ1) is 9.75. The first kappa shape index (κ1) is 15.6. The number of rotatable bonds is 3. The quantitative estimate of drug-likeness (QED) is 0.793. The molecule has 0 saturated carbocycles. The fourth-order valence-electron chi connectivity index (χ4n) is 3.05. The molecule has 0 atom stereocenters. The van der Waals surface area contributed by atoms with Crippen molar-refractivity contribution in [2.24, 2.45) is 0 Å². The van der Waals surface area contributed by atoms with E-state index in [9.17, 15) is 0 Å². The maximum absolute atomic E-state index is 7.97. The number of nitrogens with one attached hydrogen (secondary N) is 1. The first-order valence-electron chi connectivity index (χ1n) is 7.48. The molecule has 1 aromatic rings. The summed E-state index contributed by atoms with van der Waals surface area (Å²) in [5.41, 5.74) is 7.36. The first-order valence-corrected chi connectivity index (χ1v) is 7.48. The second-order valence-electron chi connectivity index (χ2n) is 7.03. The number of anilines is 1. The normalized spacial score (nSPS) is 14.8. The van der Waals surface area contributed by atoms with Crippen LogP contribution in [0.15, 0.2) is 29.9 Å². The molecule has 0 radical (unpaired) electrons. The van der Waals surface area contributed by atoms with Gasteiger partial charge in [-0.05, 0) is 41.5 Å². The van der Waals surface area contributed by atoms with Crippen LogP contribution in [-0.2, 0) is 5.41 Å². The number of hydrogen-bond acceptors (Lipinski definition) is 2. The molecular weight excluding hydrogens is 256 g/mol. The van der Waals surface area contributed by atoms with Gasteiger partial charge in [0.2, 0.25) is 0 Å². The Morgan fingerprint density at radius 3 is 2.29 bits per heavy atom. The number of allylic oxidation sites excluding steroid dienone is 4. The Morgan fingerprint density at radius 2 is 1.86 bits per heavy atom. The lowest BCUT2D eigenvalue weighted by Gasteiger charge is -2.30. The molecule has 0 spiro atoms. The van der Waals surface area contributed by atoms with Crippen molar-refractivity contribution in [3.05, 3.63) is 46.5 Å². The number of nitrogens with zero attached hydrogens (tertiary/aromatic N) is 1. The Labute approximate surface area is 128 Å². The lowest BCUT2D eigenvalue weighted by molar-refractivity contribution is 0.588. The van der Waals surface area contributed by atoms with Gasteiger partial charge >= 0.3 is 0 Å². The summed E-state index contributed by atoms with van der Waals surface area (Å²) in [5.74, 6) is 0. The van der Waals surface area contributed by atoms with Crippen molar-refractivity contribution in [2.75, 3.05) is 19.0 Å². The standard InChI is InChI=1S/C19H26N2/c1-13-7-8-14(11-13)15-9-10-17(21(5)6)18(16(15)12-20)19(2,3)4/h7,9-12,20H,8H2,1-6H3. The molecule has 1 aliphatic rings. The maximum Gasteiger partial charge on any atom is 0.0405 e. The summed E-state index contributed by atoms with van der Waals surface area (Å²) in [5, 5.41) is 7.97.